The molecule has 0 N–H and O–H groups in total. The molecular weight excluding hydrogens is 316 g/mol. The van der Waals surface area contributed by atoms with Crippen molar-refractivity contribution in [3.05, 3.63) is 65.0 Å². The minimum Gasteiger partial charge on any atom is -0.490 e. The highest BCUT2D eigenvalue weighted by atomic mass is 16.6. The molecule has 0 bridgehead atoms. The third-order valence-corrected chi connectivity index (χ3v) is 3.63. The van der Waals surface area contributed by atoms with E-state index in [-0.39, 0.29) is 0 Å². The van der Waals surface area contributed by atoms with Crippen LogP contribution in [0.2, 0.25) is 0 Å². The first-order valence-electron chi connectivity index (χ1n) is 8.13. The minimum atomic E-state index is 0.425. The molecule has 0 radical (unpaired) electrons. The molecule has 0 aliphatic carbocycles. The highest BCUT2D eigenvalue weighted by Crippen LogP contribution is 2.29. The highest BCUT2D eigenvalue weighted by molar-refractivity contribution is 5.80. The normalized spacial score (nSPS) is 11.2. The van der Waals surface area contributed by atoms with Crippen LogP contribution in [0.1, 0.15) is 29.2 Å². The topological polar surface area (TPSA) is 52.9 Å². The van der Waals surface area contributed by atoms with Crippen molar-refractivity contribution in [1.29, 1.82) is 0 Å². The number of oxime groups is 1. The number of hydrogen-bond donors (Lipinski definition) is 0. The van der Waals surface area contributed by atoms with Crippen LogP contribution in [-0.2, 0) is 11.4 Å². The predicted octanol–water partition coefficient (Wildman–Crippen LogP) is 4.21. The molecule has 0 spiro atoms. The fourth-order valence-corrected chi connectivity index (χ4v) is 2.40. The molecule has 0 aliphatic heterocycles. The molecule has 5 nitrogen and oxygen atoms in total. The Bertz CT molecular complexity index is 731. The van der Waals surface area contributed by atoms with Gasteiger partial charge in [-0.2, -0.15) is 0 Å². The zero-order chi connectivity index (χ0) is 18.1. The van der Waals surface area contributed by atoms with Gasteiger partial charge < -0.3 is 14.3 Å². The van der Waals surface area contributed by atoms with Gasteiger partial charge in [-0.15, -0.1) is 0 Å². The maximum atomic E-state index is 6.06. The summed E-state index contributed by atoms with van der Waals surface area (Å²) in [5.74, 6) is 1.71. The minimum absolute atomic E-state index is 0.425. The van der Waals surface area contributed by atoms with E-state index in [1.807, 2.05) is 51.1 Å². The van der Waals surface area contributed by atoms with E-state index in [1.165, 1.54) is 7.11 Å². The Morgan fingerprint density at radius 2 is 1.92 bits per heavy atom. The van der Waals surface area contributed by atoms with Crippen LogP contribution >= 0.6 is 0 Å². The Morgan fingerprint density at radius 1 is 1.16 bits per heavy atom. The molecule has 0 fully saturated rings. The van der Waals surface area contributed by atoms with Crippen LogP contribution in [0.3, 0.4) is 0 Å². The van der Waals surface area contributed by atoms with Crippen molar-refractivity contribution in [3.63, 3.8) is 0 Å². The summed E-state index contributed by atoms with van der Waals surface area (Å²) in [6.07, 6.45) is 9.04. The molecular formula is C20H24N2O3. The molecule has 0 saturated heterocycles. The van der Waals surface area contributed by atoms with Gasteiger partial charge >= 0.3 is 0 Å². The van der Waals surface area contributed by atoms with Crippen molar-refractivity contribution in [1.82, 2.24) is 4.98 Å². The Hall–Kier alpha value is -2.82. The van der Waals surface area contributed by atoms with Gasteiger partial charge in [-0.25, -0.2) is 0 Å². The molecule has 5 heteroatoms. The molecule has 1 aromatic heterocycles. The van der Waals surface area contributed by atoms with Crippen LogP contribution in [0, 0.1) is 13.8 Å². The summed E-state index contributed by atoms with van der Waals surface area (Å²) in [7, 11) is 1.51. The largest absolute Gasteiger partial charge is 0.490 e. The van der Waals surface area contributed by atoms with E-state index in [1.54, 1.807) is 18.6 Å². The fraction of sp³-hybridized carbons (Fsp3) is 0.300. The second-order valence-corrected chi connectivity index (χ2v) is 5.55. The average molecular weight is 340 g/mol. The Kier molecular flexibility index (Phi) is 7.01. The van der Waals surface area contributed by atoms with Gasteiger partial charge in [-0.05, 0) is 50.1 Å². The number of hydrogen-bond acceptors (Lipinski definition) is 5. The summed E-state index contributed by atoms with van der Waals surface area (Å²) in [6, 6.07) is 5.90. The monoisotopic (exact) mass is 340 g/mol. The summed E-state index contributed by atoms with van der Waals surface area (Å²) < 4.78 is 11.8. The van der Waals surface area contributed by atoms with Gasteiger partial charge in [0, 0.05) is 23.5 Å². The van der Waals surface area contributed by atoms with Gasteiger partial charge in [0.1, 0.15) is 31.8 Å². The molecule has 0 unspecified atom stereocenters. The van der Waals surface area contributed by atoms with Crippen LogP contribution in [0.15, 0.2) is 47.9 Å². The molecule has 1 heterocycles. The quantitative estimate of drug-likeness (QED) is 0.410. The first-order chi connectivity index (χ1) is 12.2. The lowest BCUT2D eigenvalue weighted by molar-refractivity contribution is 0.215. The second-order valence-electron chi connectivity index (χ2n) is 5.55. The van der Waals surface area contributed by atoms with Gasteiger partial charge in [0.05, 0.1) is 6.21 Å². The molecule has 0 aliphatic rings. The lowest BCUT2D eigenvalue weighted by Crippen LogP contribution is -2.03. The zero-order valence-corrected chi connectivity index (χ0v) is 15.2. The molecule has 0 saturated carbocycles. The third-order valence-electron chi connectivity index (χ3n) is 3.63. The lowest BCUT2D eigenvalue weighted by Gasteiger charge is -2.15. The number of aryl methyl sites for hydroxylation is 2. The van der Waals surface area contributed by atoms with E-state index >= 15 is 0 Å². The smallest absolute Gasteiger partial charge is 0.125 e. The average Bonchev–Trinajstić information content (AvgIpc) is 2.60. The fourth-order valence-electron chi connectivity index (χ4n) is 2.40. The Balaban J connectivity index is 2.12. The van der Waals surface area contributed by atoms with Crippen LogP contribution in [-0.4, -0.2) is 24.9 Å². The second kappa shape index (κ2) is 9.47. The van der Waals surface area contributed by atoms with Gasteiger partial charge in [0.25, 0.3) is 0 Å². The lowest BCUT2D eigenvalue weighted by atomic mass is 10.1. The van der Waals surface area contributed by atoms with Crippen LogP contribution < -0.4 is 9.47 Å². The third kappa shape index (κ3) is 5.35. The zero-order valence-electron chi connectivity index (χ0n) is 15.2. The van der Waals surface area contributed by atoms with Crippen LogP contribution in [0.4, 0.5) is 0 Å². The Morgan fingerprint density at radius 3 is 2.60 bits per heavy atom. The SMILES string of the molecule is C/C=C/COc1cc(C)c(OCc2ccncc2/C=N\OC)c(C)c1. The standard InChI is InChI=1S/C20H24N2O3/c1-5-6-9-24-19-10-15(2)20(16(3)11-19)25-14-17-7-8-21-12-18(17)13-22-23-4/h5-8,10-13H,9,14H2,1-4H3/b6-5+,22-13-. The number of benzene rings is 1. The highest BCUT2D eigenvalue weighted by Gasteiger charge is 2.09. The first-order valence-corrected chi connectivity index (χ1v) is 8.13. The van der Waals surface area contributed by atoms with Crippen molar-refractivity contribution < 1.29 is 14.3 Å². The van der Waals surface area contributed by atoms with Gasteiger partial charge in [0.2, 0.25) is 0 Å². The maximum absolute atomic E-state index is 6.06. The van der Waals surface area contributed by atoms with E-state index in [9.17, 15) is 0 Å². The summed E-state index contributed by atoms with van der Waals surface area (Å²) in [6.45, 7) is 7.00. The summed E-state index contributed by atoms with van der Waals surface area (Å²) in [4.78, 5) is 8.85. The molecule has 2 rings (SSSR count). The summed E-state index contributed by atoms with van der Waals surface area (Å²) >= 11 is 0. The van der Waals surface area contributed by atoms with Gasteiger partial charge in [-0.1, -0.05) is 17.3 Å². The van der Waals surface area contributed by atoms with Crippen molar-refractivity contribution >= 4 is 6.21 Å². The van der Waals surface area contributed by atoms with E-state index in [0.717, 1.165) is 33.8 Å². The maximum Gasteiger partial charge on any atom is 0.125 e. The number of rotatable bonds is 8. The number of aromatic nitrogens is 1. The molecule has 0 atom stereocenters. The first kappa shape index (κ1) is 18.5. The molecule has 0 amide bonds. The predicted molar refractivity (Wildman–Crippen MR) is 99.4 cm³/mol. The number of pyridine rings is 1. The van der Waals surface area contributed by atoms with E-state index in [0.29, 0.717) is 13.2 Å². The van der Waals surface area contributed by atoms with Crippen LogP contribution in [0.5, 0.6) is 11.5 Å². The van der Waals surface area contributed by atoms with Crippen molar-refractivity contribution in [3.8, 4) is 11.5 Å². The van der Waals surface area contributed by atoms with Gasteiger partial charge in [-0.3, -0.25) is 4.98 Å². The molecule has 25 heavy (non-hydrogen) atoms. The van der Waals surface area contributed by atoms with Crippen molar-refractivity contribution in [2.24, 2.45) is 5.16 Å². The van der Waals surface area contributed by atoms with E-state index < -0.39 is 0 Å². The van der Waals surface area contributed by atoms with E-state index in [4.69, 9.17) is 14.3 Å². The van der Waals surface area contributed by atoms with E-state index in [2.05, 4.69) is 10.1 Å². The molecule has 2 aromatic rings. The summed E-state index contributed by atoms with van der Waals surface area (Å²) in [5.41, 5.74) is 3.93. The van der Waals surface area contributed by atoms with Crippen molar-refractivity contribution in [2.75, 3.05) is 13.7 Å². The number of nitrogens with zero attached hydrogens (tertiary/aromatic N) is 2. The Labute approximate surface area is 148 Å². The van der Waals surface area contributed by atoms with Crippen molar-refractivity contribution in [2.45, 2.75) is 27.4 Å². The number of ether oxygens (including phenoxy) is 2. The molecule has 132 valence electrons. The molecule has 1 aromatic carbocycles. The van der Waals surface area contributed by atoms with Crippen LogP contribution in [0.25, 0.3) is 0 Å². The number of allylic oxidation sites excluding steroid dienone is 1. The summed E-state index contributed by atoms with van der Waals surface area (Å²) in [5, 5.41) is 3.80. The van der Waals surface area contributed by atoms with Gasteiger partial charge in [0.15, 0.2) is 0 Å².